The van der Waals surface area contributed by atoms with Gasteiger partial charge in [-0.3, -0.25) is 9.52 Å². The highest BCUT2D eigenvalue weighted by molar-refractivity contribution is 7.92. The number of methoxy groups -OCH3 is 1. The van der Waals surface area contributed by atoms with Gasteiger partial charge in [0.2, 0.25) is 0 Å². The van der Waals surface area contributed by atoms with E-state index in [1.165, 1.54) is 31.4 Å². The summed E-state index contributed by atoms with van der Waals surface area (Å²) < 4.78 is 38.8. The Morgan fingerprint density at radius 2 is 1.58 bits per heavy atom. The van der Waals surface area contributed by atoms with Crippen LogP contribution in [0.4, 0.5) is 11.4 Å². The van der Waals surface area contributed by atoms with Crippen LogP contribution in [0.15, 0.2) is 83.8 Å². The van der Waals surface area contributed by atoms with Crippen LogP contribution in [0.5, 0.6) is 11.5 Å². The first-order valence-corrected chi connectivity index (χ1v) is 11.2. The number of carbonyl (C=O) groups is 1. The van der Waals surface area contributed by atoms with Gasteiger partial charge in [0.15, 0.2) is 6.10 Å². The molecule has 0 saturated carbocycles. The van der Waals surface area contributed by atoms with E-state index in [0.717, 1.165) is 0 Å². The maximum absolute atomic E-state index is 12.7. The van der Waals surface area contributed by atoms with Crippen molar-refractivity contribution >= 4 is 27.3 Å². The van der Waals surface area contributed by atoms with Crippen molar-refractivity contribution < 1.29 is 22.7 Å². The molecule has 0 aliphatic carbocycles. The second kappa shape index (κ2) is 9.99. The van der Waals surface area contributed by atoms with Crippen molar-refractivity contribution in [3.8, 4) is 11.5 Å². The number of benzene rings is 3. The van der Waals surface area contributed by atoms with Crippen LogP contribution in [0.25, 0.3) is 0 Å². The van der Waals surface area contributed by atoms with Crippen LogP contribution < -0.4 is 19.5 Å². The monoisotopic (exact) mass is 440 g/mol. The SMILES string of the molecule is CCC(Oc1ccccc1)C(=O)Nc1ccc(S(=O)(=O)Nc2ccccc2OC)cc1. The molecule has 3 aromatic carbocycles. The van der Waals surface area contributed by atoms with E-state index < -0.39 is 16.1 Å². The molecular weight excluding hydrogens is 416 g/mol. The highest BCUT2D eigenvalue weighted by Crippen LogP contribution is 2.26. The number of para-hydroxylation sites is 3. The van der Waals surface area contributed by atoms with E-state index >= 15 is 0 Å². The predicted molar refractivity (Wildman–Crippen MR) is 120 cm³/mol. The highest BCUT2D eigenvalue weighted by Gasteiger charge is 2.20. The average Bonchev–Trinajstić information content (AvgIpc) is 2.78. The number of carbonyl (C=O) groups excluding carboxylic acids is 1. The molecule has 0 saturated heterocycles. The molecule has 162 valence electrons. The fourth-order valence-electron chi connectivity index (χ4n) is 2.86. The first-order chi connectivity index (χ1) is 14.9. The summed E-state index contributed by atoms with van der Waals surface area (Å²) in [4.78, 5) is 12.6. The molecule has 3 rings (SSSR count). The summed E-state index contributed by atoms with van der Waals surface area (Å²) in [6.45, 7) is 1.85. The normalized spacial score (nSPS) is 11.9. The lowest BCUT2D eigenvalue weighted by Crippen LogP contribution is -2.32. The van der Waals surface area contributed by atoms with Crippen molar-refractivity contribution in [3.05, 3.63) is 78.9 Å². The number of nitrogens with one attached hydrogen (secondary N) is 2. The zero-order valence-corrected chi connectivity index (χ0v) is 18.1. The van der Waals surface area contributed by atoms with Crippen LogP contribution in [0.3, 0.4) is 0 Å². The van der Waals surface area contributed by atoms with Crippen molar-refractivity contribution in [1.82, 2.24) is 0 Å². The van der Waals surface area contributed by atoms with Crippen molar-refractivity contribution in [2.75, 3.05) is 17.1 Å². The van der Waals surface area contributed by atoms with E-state index in [1.807, 2.05) is 25.1 Å². The minimum absolute atomic E-state index is 0.0592. The third kappa shape index (κ3) is 5.76. The van der Waals surface area contributed by atoms with E-state index in [4.69, 9.17) is 9.47 Å². The Bertz CT molecular complexity index is 1120. The summed E-state index contributed by atoms with van der Waals surface area (Å²) in [5.41, 5.74) is 0.808. The quantitative estimate of drug-likeness (QED) is 0.518. The fourth-order valence-corrected chi connectivity index (χ4v) is 3.93. The first-order valence-electron chi connectivity index (χ1n) is 9.71. The maximum atomic E-state index is 12.7. The molecule has 0 heterocycles. The molecule has 31 heavy (non-hydrogen) atoms. The fraction of sp³-hybridized carbons (Fsp3) is 0.174. The van der Waals surface area contributed by atoms with E-state index in [1.54, 1.807) is 36.4 Å². The van der Waals surface area contributed by atoms with Gasteiger partial charge in [-0.15, -0.1) is 0 Å². The Morgan fingerprint density at radius 1 is 0.935 bits per heavy atom. The molecule has 0 aliphatic rings. The summed E-state index contributed by atoms with van der Waals surface area (Å²) in [6, 6.07) is 21.7. The van der Waals surface area contributed by atoms with Gasteiger partial charge >= 0.3 is 0 Å². The van der Waals surface area contributed by atoms with Crippen LogP contribution >= 0.6 is 0 Å². The minimum Gasteiger partial charge on any atom is -0.495 e. The highest BCUT2D eigenvalue weighted by atomic mass is 32.2. The van der Waals surface area contributed by atoms with Crippen molar-refractivity contribution in [2.45, 2.75) is 24.3 Å². The Balaban J connectivity index is 1.68. The van der Waals surface area contributed by atoms with Crippen LogP contribution in [-0.2, 0) is 14.8 Å². The summed E-state index contributed by atoms with van der Waals surface area (Å²) in [5.74, 6) is 0.710. The molecule has 1 unspecified atom stereocenters. The molecule has 0 fully saturated rings. The zero-order chi connectivity index (χ0) is 22.3. The van der Waals surface area contributed by atoms with Gasteiger partial charge in [0.1, 0.15) is 11.5 Å². The van der Waals surface area contributed by atoms with Crippen LogP contribution in [0.2, 0.25) is 0 Å². The van der Waals surface area contributed by atoms with Crippen molar-refractivity contribution in [1.29, 1.82) is 0 Å². The van der Waals surface area contributed by atoms with E-state index in [0.29, 0.717) is 29.3 Å². The molecule has 1 amide bonds. The van der Waals surface area contributed by atoms with Gasteiger partial charge in [0.05, 0.1) is 17.7 Å². The third-order valence-electron chi connectivity index (χ3n) is 4.47. The largest absolute Gasteiger partial charge is 0.495 e. The Morgan fingerprint density at radius 3 is 2.23 bits per heavy atom. The van der Waals surface area contributed by atoms with Gasteiger partial charge in [-0.25, -0.2) is 8.42 Å². The van der Waals surface area contributed by atoms with Gasteiger partial charge < -0.3 is 14.8 Å². The number of hydrogen-bond acceptors (Lipinski definition) is 5. The molecule has 0 bridgehead atoms. The second-order valence-corrected chi connectivity index (χ2v) is 8.33. The topological polar surface area (TPSA) is 93.7 Å². The Kier molecular flexibility index (Phi) is 7.15. The Hall–Kier alpha value is -3.52. The van der Waals surface area contributed by atoms with Gasteiger partial charge in [-0.05, 0) is 55.0 Å². The van der Waals surface area contributed by atoms with Gasteiger partial charge in [-0.1, -0.05) is 37.3 Å². The molecule has 0 aromatic heterocycles. The molecule has 2 N–H and O–H groups in total. The first kappa shape index (κ1) is 22.2. The van der Waals surface area contributed by atoms with Crippen LogP contribution in [-0.4, -0.2) is 27.5 Å². The molecule has 8 heteroatoms. The van der Waals surface area contributed by atoms with Gasteiger partial charge in [-0.2, -0.15) is 0 Å². The number of ether oxygens (including phenoxy) is 2. The van der Waals surface area contributed by atoms with Crippen molar-refractivity contribution in [2.24, 2.45) is 0 Å². The second-order valence-electron chi connectivity index (χ2n) is 6.65. The number of amides is 1. The molecule has 7 nitrogen and oxygen atoms in total. The third-order valence-corrected chi connectivity index (χ3v) is 5.85. The standard InChI is InChI=1S/C23H24N2O5S/c1-3-21(30-18-9-5-4-6-10-18)23(26)24-17-13-15-19(16-14-17)31(27,28)25-20-11-7-8-12-22(20)29-2/h4-16,21,25H,3H2,1-2H3,(H,24,26). The molecule has 3 aromatic rings. The van der Waals surface area contributed by atoms with Crippen molar-refractivity contribution in [3.63, 3.8) is 0 Å². The lowest BCUT2D eigenvalue weighted by molar-refractivity contribution is -0.122. The summed E-state index contributed by atoms with van der Waals surface area (Å²) in [5, 5.41) is 2.76. The minimum atomic E-state index is -3.82. The number of sulfonamides is 1. The Labute approximate surface area is 182 Å². The molecular formula is C23H24N2O5S. The lowest BCUT2D eigenvalue weighted by atomic mass is 10.2. The summed E-state index contributed by atoms with van der Waals surface area (Å²) in [7, 11) is -2.35. The number of rotatable bonds is 9. The van der Waals surface area contributed by atoms with E-state index in [9.17, 15) is 13.2 Å². The summed E-state index contributed by atoms with van der Waals surface area (Å²) >= 11 is 0. The number of anilines is 2. The van der Waals surface area contributed by atoms with E-state index in [-0.39, 0.29) is 10.8 Å². The van der Waals surface area contributed by atoms with Crippen LogP contribution in [0, 0.1) is 0 Å². The van der Waals surface area contributed by atoms with E-state index in [2.05, 4.69) is 10.0 Å². The molecule has 0 spiro atoms. The van der Waals surface area contributed by atoms with Crippen LogP contribution in [0.1, 0.15) is 13.3 Å². The molecule has 0 radical (unpaired) electrons. The van der Waals surface area contributed by atoms with Gasteiger partial charge in [0.25, 0.3) is 15.9 Å². The lowest BCUT2D eigenvalue weighted by Gasteiger charge is -2.17. The smallest absolute Gasteiger partial charge is 0.265 e. The zero-order valence-electron chi connectivity index (χ0n) is 17.2. The summed E-state index contributed by atoms with van der Waals surface area (Å²) in [6.07, 6.45) is -0.186. The average molecular weight is 441 g/mol. The maximum Gasteiger partial charge on any atom is 0.265 e. The van der Waals surface area contributed by atoms with Gasteiger partial charge in [0, 0.05) is 5.69 Å². The molecule has 0 aliphatic heterocycles. The predicted octanol–water partition coefficient (Wildman–Crippen LogP) is 4.29. The number of hydrogen-bond donors (Lipinski definition) is 2. The molecule has 1 atom stereocenters.